The number of pyridine rings is 1. The average molecular weight is 255 g/mol. The number of hydrazone groups is 1. The zero-order valence-electron chi connectivity index (χ0n) is 10.4. The van der Waals surface area contributed by atoms with Crippen LogP contribution in [0.1, 0.15) is 22.8 Å². The SMILES string of the molecule is C/C(=N\NC(=O)c1ccccc1O)c1cccnc1. The molecule has 5 nitrogen and oxygen atoms in total. The van der Waals surface area contributed by atoms with Crippen LogP contribution < -0.4 is 5.43 Å². The van der Waals surface area contributed by atoms with Gasteiger partial charge in [0, 0.05) is 18.0 Å². The van der Waals surface area contributed by atoms with Gasteiger partial charge in [0.2, 0.25) is 0 Å². The number of amides is 1. The normalized spacial score (nSPS) is 11.1. The molecule has 2 rings (SSSR count). The van der Waals surface area contributed by atoms with E-state index in [2.05, 4.69) is 15.5 Å². The minimum Gasteiger partial charge on any atom is -0.507 e. The Hall–Kier alpha value is -2.69. The van der Waals surface area contributed by atoms with Crippen molar-refractivity contribution in [2.45, 2.75) is 6.92 Å². The minimum atomic E-state index is -0.457. The van der Waals surface area contributed by atoms with Gasteiger partial charge >= 0.3 is 0 Å². The monoisotopic (exact) mass is 255 g/mol. The van der Waals surface area contributed by atoms with E-state index >= 15 is 0 Å². The molecule has 1 aromatic carbocycles. The fourth-order valence-electron chi connectivity index (χ4n) is 1.50. The summed E-state index contributed by atoms with van der Waals surface area (Å²) >= 11 is 0. The minimum absolute atomic E-state index is 0.0748. The number of para-hydroxylation sites is 1. The summed E-state index contributed by atoms with van der Waals surface area (Å²) < 4.78 is 0. The predicted octanol–water partition coefficient (Wildman–Crippen LogP) is 1.94. The zero-order valence-corrected chi connectivity index (χ0v) is 10.4. The van der Waals surface area contributed by atoms with Gasteiger partial charge in [-0.3, -0.25) is 9.78 Å². The largest absolute Gasteiger partial charge is 0.507 e. The van der Waals surface area contributed by atoms with Crippen LogP contribution in [0.5, 0.6) is 5.75 Å². The highest BCUT2D eigenvalue weighted by Gasteiger charge is 2.09. The fraction of sp³-hybridized carbons (Fsp3) is 0.0714. The number of benzene rings is 1. The van der Waals surface area contributed by atoms with Gasteiger partial charge in [0.15, 0.2) is 0 Å². The van der Waals surface area contributed by atoms with Crippen LogP contribution in [0.25, 0.3) is 0 Å². The number of carbonyl (C=O) groups excluding carboxylic acids is 1. The summed E-state index contributed by atoms with van der Waals surface area (Å²) in [5, 5.41) is 13.5. The molecule has 0 bridgehead atoms. The molecule has 1 heterocycles. The third-order valence-electron chi connectivity index (χ3n) is 2.55. The van der Waals surface area contributed by atoms with Gasteiger partial charge < -0.3 is 5.11 Å². The smallest absolute Gasteiger partial charge is 0.275 e. The van der Waals surface area contributed by atoms with Crippen LogP contribution >= 0.6 is 0 Å². The molecule has 0 aliphatic heterocycles. The van der Waals surface area contributed by atoms with E-state index in [1.54, 1.807) is 37.5 Å². The highest BCUT2D eigenvalue weighted by Crippen LogP contribution is 2.14. The maximum absolute atomic E-state index is 11.8. The van der Waals surface area contributed by atoms with E-state index in [1.807, 2.05) is 6.07 Å². The van der Waals surface area contributed by atoms with Gasteiger partial charge in [-0.2, -0.15) is 5.10 Å². The van der Waals surface area contributed by atoms with Crippen molar-refractivity contribution in [2.75, 3.05) is 0 Å². The standard InChI is InChI=1S/C14H13N3O2/c1-10(11-5-4-8-15-9-11)16-17-14(19)12-6-2-3-7-13(12)18/h2-9,18H,1H3,(H,17,19)/b16-10+. The number of hydrogen-bond acceptors (Lipinski definition) is 4. The first-order valence-corrected chi connectivity index (χ1v) is 5.71. The Labute approximate surface area is 110 Å². The van der Waals surface area contributed by atoms with Gasteiger partial charge in [-0.15, -0.1) is 0 Å². The van der Waals surface area contributed by atoms with Crippen LogP contribution in [-0.2, 0) is 0 Å². The average Bonchev–Trinajstić information content (AvgIpc) is 2.46. The lowest BCUT2D eigenvalue weighted by Gasteiger charge is -2.04. The summed E-state index contributed by atoms with van der Waals surface area (Å²) in [6.45, 7) is 1.77. The molecule has 5 heteroatoms. The van der Waals surface area contributed by atoms with Crippen LogP contribution in [0, 0.1) is 0 Å². The first-order valence-electron chi connectivity index (χ1n) is 5.71. The molecule has 0 aliphatic rings. The maximum atomic E-state index is 11.8. The van der Waals surface area contributed by atoms with Crippen molar-refractivity contribution in [1.82, 2.24) is 10.4 Å². The summed E-state index contributed by atoms with van der Waals surface area (Å²) in [6.07, 6.45) is 3.32. The van der Waals surface area contributed by atoms with E-state index in [1.165, 1.54) is 12.1 Å². The summed E-state index contributed by atoms with van der Waals surface area (Å²) in [6, 6.07) is 9.94. The van der Waals surface area contributed by atoms with Crippen LogP contribution in [0.15, 0.2) is 53.9 Å². The molecular formula is C14H13N3O2. The van der Waals surface area contributed by atoms with Crippen molar-refractivity contribution in [3.8, 4) is 5.75 Å². The Morgan fingerprint density at radius 2 is 2.05 bits per heavy atom. The Balaban J connectivity index is 2.11. The van der Waals surface area contributed by atoms with Gasteiger partial charge in [-0.1, -0.05) is 18.2 Å². The molecule has 0 spiro atoms. The second-order valence-corrected chi connectivity index (χ2v) is 3.90. The summed E-state index contributed by atoms with van der Waals surface area (Å²) in [5.41, 5.74) is 4.04. The van der Waals surface area contributed by atoms with E-state index in [0.717, 1.165) is 5.56 Å². The number of aromatic hydroxyl groups is 1. The summed E-state index contributed by atoms with van der Waals surface area (Å²) in [7, 11) is 0. The molecule has 1 amide bonds. The van der Waals surface area contributed by atoms with Crippen molar-refractivity contribution < 1.29 is 9.90 Å². The fourth-order valence-corrected chi connectivity index (χ4v) is 1.50. The number of aromatic nitrogens is 1. The van der Waals surface area contributed by atoms with E-state index in [0.29, 0.717) is 5.71 Å². The van der Waals surface area contributed by atoms with Crippen molar-refractivity contribution in [1.29, 1.82) is 0 Å². The Morgan fingerprint density at radius 3 is 2.74 bits per heavy atom. The Kier molecular flexibility index (Phi) is 3.87. The van der Waals surface area contributed by atoms with Gasteiger partial charge in [-0.05, 0) is 25.1 Å². The number of nitrogens with zero attached hydrogens (tertiary/aromatic N) is 2. The molecule has 19 heavy (non-hydrogen) atoms. The van der Waals surface area contributed by atoms with Gasteiger partial charge in [0.25, 0.3) is 5.91 Å². The molecule has 0 saturated carbocycles. The van der Waals surface area contributed by atoms with E-state index in [-0.39, 0.29) is 11.3 Å². The lowest BCUT2D eigenvalue weighted by molar-refractivity contribution is 0.0952. The van der Waals surface area contributed by atoms with Crippen molar-refractivity contribution in [2.24, 2.45) is 5.10 Å². The van der Waals surface area contributed by atoms with Crippen molar-refractivity contribution in [3.05, 3.63) is 59.9 Å². The highest BCUT2D eigenvalue weighted by atomic mass is 16.3. The topological polar surface area (TPSA) is 74.6 Å². The third-order valence-corrected chi connectivity index (χ3v) is 2.55. The molecule has 2 N–H and O–H groups in total. The Morgan fingerprint density at radius 1 is 1.26 bits per heavy atom. The van der Waals surface area contributed by atoms with Gasteiger partial charge in [-0.25, -0.2) is 5.43 Å². The number of hydrogen-bond donors (Lipinski definition) is 2. The third kappa shape index (κ3) is 3.16. The second-order valence-electron chi connectivity index (χ2n) is 3.90. The second kappa shape index (κ2) is 5.77. The van der Waals surface area contributed by atoms with Crippen LogP contribution in [0.2, 0.25) is 0 Å². The molecular weight excluding hydrogens is 242 g/mol. The number of nitrogens with one attached hydrogen (secondary N) is 1. The summed E-state index contributed by atoms with van der Waals surface area (Å²) in [5.74, 6) is -0.532. The molecule has 0 fully saturated rings. The maximum Gasteiger partial charge on any atom is 0.275 e. The lowest BCUT2D eigenvalue weighted by atomic mass is 10.2. The van der Waals surface area contributed by atoms with Crippen LogP contribution in [-0.4, -0.2) is 21.7 Å². The zero-order chi connectivity index (χ0) is 13.7. The molecule has 0 aliphatic carbocycles. The molecule has 0 radical (unpaired) electrons. The molecule has 0 atom stereocenters. The van der Waals surface area contributed by atoms with E-state index in [4.69, 9.17) is 0 Å². The Bertz CT molecular complexity index is 609. The quantitative estimate of drug-likeness (QED) is 0.650. The van der Waals surface area contributed by atoms with Crippen molar-refractivity contribution in [3.63, 3.8) is 0 Å². The number of carbonyl (C=O) groups is 1. The number of rotatable bonds is 3. The van der Waals surface area contributed by atoms with Crippen LogP contribution in [0.4, 0.5) is 0 Å². The molecule has 96 valence electrons. The molecule has 1 aromatic heterocycles. The van der Waals surface area contributed by atoms with Crippen molar-refractivity contribution >= 4 is 11.6 Å². The van der Waals surface area contributed by atoms with E-state index < -0.39 is 5.91 Å². The first-order chi connectivity index (χ1) is 9.18. The summed E-state index contributed by atoms with van der Waals surface area (Å²) in [4.78, 5) is 15.8. The van der Waals surface area contributed by atoms with E-state index in [9.17, 15) is 9.90 Å². The van der Waals surface area contributed by atoms with Crippen LogP contribution in [0.3, 0.4) is 0 Å². The number of phenolic OH excluding ortho intramolecular Hbond substituents is 1. The predicted molar refractivity (Wildman–Crippen MR) is 72.0 cm³/mol. The molecule has 0 saturated heterocycles. The number of phenols is 1. The molecule has 0 unspecified atom stereocenters. The van der Waals surface area contributed by atoms with Gasteiger partial charge in [0.1, 0.15) is 5.75 Å². The highest BCUT2D eigenvalue weighted by molar-refractivity contribution is 6.01. The lowest BCUT2D eigenvalue weighted by Crippen LogP contribution is -2.19. The first kappa shape index (κ1) is 12.8. The van der Waals surface area contributed by atoms with Gasteiger partial charge in [0.05, 0.1) is 11.3 Å². The molecule has 2 aromatic rings.